The van der Waals surface area contributed by atoms with E-state index in [1.165, 1.54) is 11.0 Å². The van der Waals surface area contributed by atoms with Crippen LogP contribution in [0.3, 0.4) is 0 Å². The summed E-state index contributed by atoms with van der Waals surface area (Å²) in [7, 11) is 0. The monoisotopic (exact) mass is 306 g/mol. The molecule has 1 fully saturated rings. The lowest BCUT2D eigenvalue weighted by molar-refractivity contribution is -0.133. The Bertz CT molecular complexity index is 596. The van der Waals surface area contributed by atoms with Gasteiger partial charge in [0.05, 0.1) is 10.7 Å². The van der Waals surface area contributed by atoms with Gasteiger partial charge < -0.3 is 4.90 Å². The maximum atomic E-state index is 12.3. The van der Waals surface area contributed by atoms with Crippen molar-refractivity contribution in [3.63, 3.8) is 0 Å². The third-order valence-corrected chi connectivity index (χ3v) is 4.80. The lowest BCUT2D eigenvalue weighted by Gasteiger charge is -2.31. The molecule has 1 aliphatic heterocycles. The van der Waals surface area contributed by atoms with E-state index in [0.29, 0.717) is 5.92 Å². The Kier molecular flexibility index (Phi) is 4.23. The summed E-state index contributed by atoms with van der Waals surface area (Å²) >= 11 is 1.71. The highest BCUT2D eigenvalue weighted by molar-refractivity contribution is 7.09. The van der Waals surface area contributed by atoms with Crippen molar-refractivity contribution in [3.8, 4) is 0 Å². The van der Waals surface area contributed by atoms with Crippen LogP contribution in [0.4, 0.5) is 0 Å². The number of aromatic nitrogens is 5. The predicted octanol–water partition coefficient (Wildman–Crippen LogP) is 1.10. The largest absolute Gasteiger partial charge is 0.340 e. The second kappa shape index (κ2) is 6.30. The number of thiazole rings is 1. The quantitative estimate of drug-likeness (QED) is 0.845. The Morgan fingerprint density at radius 2 is 2.43 bits per heavy atom. The summed E-state index contributed by atoms with van der Waals surface area (Å²) in [6.07, 6.45) is 4.55. The molecule has 2 aromatic rings. The number of hydrogen-bond acceptors (Lipinski definition) is 6. The Hall–Kier alpha value is -1.83. The minimum absolute atomic E-state index is 0.0688. The topological polar surface area (TPSA) is 76.8 Å². The molecule has 1 saturated heterocycles. The van der Waals surface area contributed by atoms with Gasteiger partial charge in [-0.1, -0.05) is 6.92 Å². The van der Waals surface area contributed by atoms with Crippen molar-refractivity contribution in [1.82, 2.24) is 30.1 Å². The molecule has 1 amide bonds. The first-order chi connectivity index (χ1) is 10.3. The smallest absolute Gasteiger partial charge is 0.244 e. The number of aryl methyl sites for hydroxylation is 1. The SMILES string of the molecule is CCc1csc([C@H]2CCCN(C(=O)Cn3cnnn3)C2)n1. The summed E-state index contributed by atoms with van der Waals surface area (Å²) in [5.74, 6) is 0.432. The standard InChI is InChI=1S/C13H18N6OS/c1-2-11-8-21-13(15-11)10-4-3-5-18(6-10)12(20)7-19-9-14-16-17-19/h8-10H,2-7H2,1H3/t10-/m0/s1. The van der Waals surface area contributed by atoms with Crippen LogP contribution in [0.25, 0.3) is 0 Å². The lowest BCUT2D eigenvalue weighted by Crippen LogP contribution is -2.40. The Labute approximate surface area is 127 Å². The molecule has 2 aromatic heterocycles. The van der Waals surface area contributed by atoms with E-state index < -0.39 is 0 Å². The Morgan fingerprint density at radius 1 is 1.52 bits per heavy atom. The number of likely N-dealkylation sites (tertiary alicyclic amines) is 1. The molecule has 8 heteroatoms. The van der Waals surface area contributed by atoms with Crippen LogP contribution in [0.5, 0.6) is 0 Å². The Morgan fingerprint density at radius 3 is 3.14 bits per heavy atom. The number of amides is 1. The summed E-state index contributed by atoms with van der Waals surface area (Å²) in [6, 6.07) is 0. The van der Waals surface area contributed by atoms with Crippen LogP contribution in [-0.2, 0) is 17.8 Å². The molecule has 1 atom stereocenters. The predicted molar refractivity (Wildman–Crippen MR) is 77.9 cm³/mol. The fourth-order valence-electron chi connectivity index (χ4n) is 2.57. The molecular weight excluding hydrogens is 288 g/mol. The lowest BCUT2D eigenvalue weighted by atomic mass is 9.98. The van der Waals surface area contributed by atoms with Crippen LogP contribution >= 0.6 is 11.3 Å². The van der Waals surface area contributed by atoms with Crippen LogP contribution in [0, 0.1) is 0 Å². The minimum Gasteiger partial charge on any atom is -0.340 e. The molecule has 0 aromatic carbocycles. The average molecular weight is 306 g/mol. The second-order valence-corrected chi connectivity index (χ2v) is 6.11. The third-order valence-electron chi connectivity index (χ3n) is 3.74. The number of carbonyl (C=O) groups is 1. The summed E-state index contributed by atoms with van der Waals surface area (Å²) in [5.41, 5.74) is 1.15. The zero-order chi connectivity index (χ0) is 14.7. The molecule has 3 heterocycles. The fraction of sp³-hybridized carbons (Fsp3) is 0.615. The molecule has 7 nitrogen and oxygen atoms in total. The maximum absolute atomic E-state index is 12.3. The van der Waals surface area contributed by atoms with Gasteiger partial charge in [0.15, 0.2) is 0 Å². The van der Waals surface area contributed by atoms with Crippen molar-refractivity contribution in [1.29, 1.82) is 0 Å². The zero-order valence-corrected chi connectivity index (χ0v) is 12.8. The summed E-state index contributed by atoms with van der Waals surface area (Å²) in [5, 5.41) is 14.1. The number of rotatable bonds is 4. The van der Waals surface area contributed by atoms with Gasteiger partial charge in [0.1, 0.15) is 12.9 Å². The van der Waals surface area contributed by atoms with E-state index in [9.17, 15) is 4.79 Å². The van der Waals surface area contributed by atoms with Crippen LogP contribution in [0.1, 0.15) is 36.4 Å². The number of piperidine rings is 1. The van der Waals surface area contributed by atoms with Gasteiger partial charge in [-0.05, 0) is 29.7 Å². The van der Waals surface area contributed by atoms with E-state index in [0.717, 1.165) is 43.1 Å². The van der Waals surface area contributed by atoms with Crippen molar-refractivity contribution in [3.05, 3.63) is 22.4 Å². The summed E-state index contributed by atoms with van der Waals surface area (Å²) < 4.78 is 1.46. The first kappa shape index (κ1) is 14.1. The zero-order valence-electron chi connectivity index (χ0n) is 12.0. The van der Waals surface area contributed by atoms with Crippen LogP contribution in [0.15, 0.2) is 11.7 Å². The van der Waals surface area contributed by atoms with E-state index in [-0.39, 0.29) is 12.5 Å². The van der Waals surface area contributed by atoms with Crippen molar-refractivity contribution < 1.29 is 4.79 Å². The molecule has 1 aliphatic rings. The van der Waals surface area contributed by atoms with Crippen LogP contribution < -0.4 is 0 Å². The van der Waals surface area contributed by atoms with Crippen molar-refractivity contribution in [2.24, 2.45) is 0 Å². The van der Waals surface area contributed by atoms with E-state index >= 15 is 0 Å². The van der Waals surface area contributed by atoms with E-state index in [1.807, 2.05) is 4.90 Å². The molecule has 0 saturated carbocycles. The van der Waals surface area contributed by atoms with Gasteiger partial charge in [-0.3, -0.25) is 4.79 Å². The molecule has 112 valence electrons. The Balaban J connectivity index is 1.63. The third kappa shape index (κ3) is 3.26. The molecule has 3 rings (SSSR count). The molecule has 0 unspecified atom stereocenters. The minimum atomic E-state index is 0.0688. The molecule has 0 aliphatic carbocycles. The number of nitrogens with zero attached hydrogens (tertiary/aromatic N) is 6. The van der Waals surface area contributed by atoms with Crippen LogP contribution in [-0.4, -0.2) is 49.1 Å². The number of tetrazole rings is 1. The second-order valence-electron chi connectivity index (χ2n) is 5.22. The fourth-order valence-corrected chi connectivity index (χ4v) is 3.60. The van der Waals surface area contributed by atoms with Crippen molar-refractivity contribution in [2.75, 3.05) is 13.1 Å². The molecule has 0 radical (unpaired) electrons. The van der Waals surface area contributed by atoms with Gasteiger partial charge in [0.25, 0.3) is 0 Å². The van der Waals surface area contributed by atoms with Gasteiger partial charge in [-0.2, -0.15) is 0 Å². The van der Waals surface area contributed by atoms with Gasteiger partial charge in [-0.15, -0.1) is 16.4 Å². The summed E-state index contributed by atoms with van der Waals surface area (Å²) in [6.45, 7) is 3.88. The molecule has 0 N–H and O–H groups in total. The highest BCUT2D eigenvalue weighted by Crippen LogP contribution is 2.29. The number of carbonyl (C=O) groups excluding carboxylic acids is 1. The van der Waals surface area contributed by atoms with E-state index in [4.69, 9.17) is 0 Å². The van der Waals surface area contributed by atoms with Gasteiger partial charge >= 0.3 is 0 Å². The van der Waals surface area contributed by atoms with E-state index in [2.05, 4.69) is 32.8 Å². The molecular formula is C13H18N6OS. The van der Waals surface area contributed by atoms with E-state index in [1.54, 1.807) is 11.3 Å². The highest BCUT2D eigenvalue weighted by atomic mass is 32.1. The molecule has 0 spiro atoms. The van der Waals surface area contributed by atoms with Crippen molar-refractivity contribution >= 4 is 17.2 Å². The molecule has 0 bridgehead atoms. The van der Waals surface area contributed by atoms with Gasteiger partial charge in [0, 0.05) is 24.4 Å². The first-order valence-electron chi connectivity index (χ1n) is 7.19. The molecule has 21 heavy (non-hydrogen) atoms. The normalized spacial score (nSPS) is 18.9. The summed E-state index contributed by atoms with van der Waals surface area (Å²) in [4.78, 5) is 18.9. The highest BCUT2D eigenvalue weighted by Gasteiger charge is 2.26. The maximum Gasteiger partial charge on any atom is 0.244 e. The van der Waals surface area contributed by atoms with Crippen LogP contribution in [0.2, 0.25) is 0 Å². The number of hydrogen-bond donors (Lipinski definition) is 0. The van der Waals surface area contributed by atoms with Gasteiger partial charge in [-0.25, -0.2) is 9.67 Å². The average Bonchev–Trinajstić information content (AvgIpc) is 3.18. The van der Waals surface area contributed by atoms with Crippen molar-refractivity contribution in [2.45, 2.75) is 38.6 Å². The first-order valence-corrected chi connectivity index (χ1v) is 8.07. The van der Waals surface area contributed by atoms with Gasteiger partial charge in [0.2, 0.25) is 5.91 Å².